The number of hydrogen-bond acceptors (Lipinski definition) is 6. The number of esters is 2. The molecule has 2 aromatic rings. The Balaban J connectivity index is 2.16. The third-order valence-electron chi connectivity index (χ3n) is 4.74. The lowest BCUT2D eigenvalue weighted by atomic mass is 9.92. The van der Waals surface area contributed by atoms with Crippen LogP contribution in [0.15, 0.2) is 72.0 Å². The van der Waals surface area contributed by atoms with E-state index in [2.05, 4.69) is 0 Å². The molecule has 3 rings (SSSR count). The summed E-state index contributed by atoms with van der Waals surface area (Å²) in [5, 5.41) is 0.583. The molecular weight excluding hydrogens is 418 g/mol. The number of anilines is 1. The van der Waals surface area contributed by atoms with Gasteiger partial charge in [-0.05, 0) is 61.9 Å². The molecule has 0 amide bonds. The Kier molecular flexibility index (Phi) is 7.36. The van der Waals surface area contributed by atoms with E-state index >= 15 is 0 Å². The Labute approximate surface area is 186 Å². The first-order valence-corrected chi connectivity index (χ1v) is 10.3. The van der Waals surface area contributed by atoms with Gasteiger partial charge in [-0.2, -0.15) is 0 Å². The Bertz CT molecular complexity index is 996. The van der Waals surface area contributed by atoms with Crippen LogP contribution in [0.1, 0.15) is 25.5 Å². The minimum atomic E-state index is -0.525. The molecule has 0 saturated heterocycles. The van der Waals surface area contributed by atoms with Gasteiger partial charge in [-0.3, -0.25) is 0 Å². The number of methoxy groups -OCH3 is 1. The maximum atomic E-state index is 12.9. The highest BCUT2D eigenvalue weighted by atomic mass is 35.5. The minimum absolute atomic E-state index is 0.213. The molecule has 1 aliphatic rings. The SMILES string of the molecule is CCOC(=O)C1=CN(c2ccc(OC)cc2)C(c2ccc(Cl)cc2)C(C(=O)OCC)=C1. The van der Waals surface area contributed by atoms with Gasteiger partial charge in [-0.25, -0.2) is 9.59 Å². The standard InChI is InChI=1S/C24H24ClNO5/c1-4-30-23(27)17-14-21(24(28)31-5-2)22(16-6-8-18(25)9-7-16)26(15-17)19-10-12-20(29-3)13-11-19/h6-15,22H,4-5H2,1-3H3. The van der Waals surface area contributed by atoms with Gasteiger partial charge in [0.05, 0.1) is 37.5 Å². The molecule has 1 atom stereocenters. The molecule has 1 unspecified atom stereocenters. The molecule has 0 fully saturated rings. The highest BCUT2D eigenvalue weighted by Crippen LogP contribution is 2.39. The van der Waals surface area contributed by atoms with E-state index in [1.807, 2.05) is 41.3 Å². The van der Waals surface area contributed by atoms with Crippen LogP contribution in [0, 0.1) is 0 Å². The van der Waals surface area contributed by atoms with Gasteiger partial charge in [0.15, 0.2) is 0 Å². The molecular formula is C24H24ClNO5. The molecule has 0 aromatic heterocycles. The van der Waals surface area contributed by atoms with Gasteiger partial charge in [-0.15, -0.1) is 0 Å². The molecule has 7 heteroatoms. The van der Waals surface area contributed by atoms with Gasteiger partial charge in [0.25, 0.3) is 0 Å². The monoisotopic (exact) mass is 441 g/mol. The first kappa shape index (κ1) is 22.4. The van der Waals surface area contributed by atoms with Crippen LogP contribution >= 0.6 is 11.6 Å². The molecule has 0 bridgehead atoms. The van der Waals surface area contributed by atoms with Gasteiger partial charge in [0, 0.05) is 16.9 Å². The Morgan fingerprint density at radius 2 is 1.55 bits per heavy atom. The fraction of sp³-hybridized carbons (Fsp3) is 0.250. The molecule has 2 aromatic carbocycles. The number of carbonyl (C=O) groups excluding carboxylic acids is 2. The van der Waals surface area contributed by atoms with Crippen LogP contribution in [0.5, 0.6) is 5.75 Å². The lowest BCUT2D eigenvalue weighted by Gasteiger charge is -2.35. The quantitative estimate of drug-likeness (QED) is 0.572. The van der Waals surface area contributed by atoms with Crippen molar-refractivity contribution in [2.45, 2.75) is 19.9 Å². The second kappa shape index (κ2) is 10.2. The molecule has 0 spiro atoms. The normalized spacial score (nSPS) is 15.6. The molecule has 0 saturated carbocycles. The lowest BCUT2D eigenvalue weighted by molar-refractivity contribution is -0.138. The van der Waals surface area contributed by atoms with Crippen LogP contribution in [0.25, 0.3) is 0 Å². The van der Waals surface area contributed by atoms with Crippen LogP contribution in [0.3, 0.4) is 0 Å². The Hall–Kier alpha value is -3.25. The van der Waals surface area contributed by atoms with Gasteiger partial charge in [-0.1, -0.05) is 23.7 Å². The molecule has 0 N–H and O–H groups in total. The summed E-state index contributed by atoms with van der Waals surface area (Å²) in [6.45, 7) is 3.91. The zero-order chi connectivity index (χ0) is 22.4. The van der Waals surface area contributed by atoms with Crippen molar-refractivity contribution in [3.63, 3.8) is 0 Å². The summed E-state index contributed by atoms with van der Waals surface area (Å²) in [5.74, 6) is -0.326. The van der Waals surface area contributed by atoms with Crippen molar-refractivity contribution in [2.75, 3.05) is 25.2 Å². The smallest absolute Gasteiger partial charge is 0.339 e. The average Bonchev–Trinajstić information content (AvgIpc) is 2.79. The first-order valence-electron chi connectivity index (χ1n) is 9.94. The fourth-order valence-corrected chi connectivity index (χ4v) is 3.46. The molecule has 0 aliphatic carbocycles. The zero-order valence-corrected chi connectivity index (χ0v) is 18.4. The van der Waals surface area contributed by atoms with E-state index in [0.29, 0.717) is 16.3 Å². The van der Waals surface area contributed by atoms with Crippen molar-refractivity contribution in [1.29, 1.82) is 0 Å². The Morgan fingerprint density at radius 3 is 2.13 bits per heavy atom. The number of rotatable bonds is 7. The minimum Gasteiger partial charge on any atom is -0.497 e. The largest absolute Gasteiger partial charge is 0.497 e. The molecule has 1 heterocycles. The topological polar surface area (TPSA) is 65.1 Å². The first-order chi connectivity index (χ1) is 15.0. The summed E-state index contributed by atoms with van der Waals surface area (Å²) in [6, 6.07) is 14.0. The second-order valence-corrected chi connectivity index (χ2v) is 7.12. The fourth-order valence-electron chi connectivity index (χ4n) is 3.33. The lowest BCUT2D eigenvalue weighted by Crippen LogP contribution is -2.33. The van der Waals surface area contributed by atoms with Crippen molar-refractivity contribution >= 4 is 29.2 Å². The van der Waals surface area contributed by atoms with E-state index in [1.165, 1.54) is 6.08 Å². The molecule has 162 valence electrons. The van der Waals surface area contributed by atoms with Crippen LogP contribution in [-0.2, 0) is 19.1 Å². The number of nitrogens with zero attached hydrogens (tertiary/aromatic N) is 1. The van der Waals surface area contributed by atoms with E-state index in [9.17, 15) is 9.59 Å². The van der Waals surface area contributed by atoms with Crippen molar-refractivity contribution in [3.05, 3.63) is 82.5 Å². The van der Waals surface area contributed by atoms with Crippen LogP contribution in [0.4, 0.5) is 5.69 Å². The third kappa shape index (κ3) is 5.09. The van der Waals surface area contributed by atoms with Crippen LogP contribution in [-0.4, -0.2) is 32.3 Å². The van der Waals surface area contributed by atoms with E-state index in [-0.39, 0.29) is 18.8 Å². The molecule has 1 aliphatic heterocycles. The number of hydrogen-bond donors (Lipinski definition) is 0. The predicted octanol–water partition coefficient (Wildman–Crippen LogP) is 4.85. The van der Waals surface area contributed by atoms with E-state index in [1.54, 1.807) is 39.3 Å². The van der Waals surface area contributed by atoms with Gasteiger partial charge in [0.1, 0.15) is 5.75 Å². The summed E-state index contributed by atoms with van der Waals surface area (Å²) in [5.41, 5.74) is 2.16. The maximum Gasteiger partial charge on any atom is 0.339 e. The van der Waals surface area contributed by atoms with E-state index < -0.39 is 18.0 Å². The van der Waals surface area contributed by atoms with Gasteiger partial charge < -0.3 is 19.1 Å². The summed E-state index contributed by atoms with van der Waals surface area (Å²) >= 11 is 6.08. The van der Waals surface area contributed by atoms with Crippen molar-refractivity contribution in [3.8, 4) is 5.75 Å². The number of benzene rings is 2. The summed E-state index contributed by atoms with van der Waals surface area (Å²) in [4.78, 5) is 27.3. The average molecular weight is 442 g/mol. The van der Waals surface area contributed by atoms with Crippen LogP contribution in [0.2, 0.25) is 5.02 Å². The number of carbonyl (C=O) groups is 2. The van der Waals surface area contributed by atoms with E-state index in [0.717, 1.165) is 11.3 Å². The number of ether oxygens (including phenoxy) is 3. The van der Waals surface area contributed by atoms with Crippen LogP contribution < -0.4 is 9.64 Å². The zero-order valence-electron chi connectivity index (χ0n) is 17.6. The summed E-state index contributed by atoms with van der Waals surface area (Å²) < 4.78 is 15.7. The summed E-state index contributed by atoms with van der Waals surface area (Å²) in [6.07, 6.45) is 3.22. The van der Waals surface area contributed by atoms with Crippen molar-refractivity contribution in [1.82, 2.24) is 0 Å². The van der Waals surface area contributed by atoms with Gasteiger partial charge in [0.2, 0.25) is 0 Å². The Morgan fingerprint density at radius 1 is 0.935 bits per heavy atom. The molecule has 0 radical (unpaired) electrons. The maximum absolute atomic E-state index is 12.9. The van der Waals surface area contributed by atoms with E-state index in [4.69, 9.17) is 25.8 Å². The van der Waals surface area contributed by atoms with Gasteiger partial charge >= 0.3 is 11.9 Å². The highest BCUT2D eigenvalue weighted by molar-refractivity contribution is 6.30. The summed E-state index contributed by atoms with van der Waals surface area (Å²) in [7, 11) is 1.59. The predicted molar refractivity (Wildman–Crippen MR) is 119 cm³/mol. The third-order valence-corrected chi connectivity index (χ3v) is 4.99. The molecule has 6 nitrogen and oxygen atoms in total. The number of halogens is 1. The second-order valence-electron chi connectivity index (χ2n) is 6.68. The van der Waals surface area contributed by atoms with Crippen molar-refractivity contribution in [2.24, 2.45) is 0 Å². The highest BCUT2D eigenvalue weighted by Gasteiger charge is 2.34. The van der Waals surface area contributed by atoms with Crippen molar-refractivity contribution < 1.29 is 23.8 Å². The molecule has 31 heavy (non-hydrogen) atoms.